The number of benzene rings is 1. The zero-order valence-corrected chi connectivity index (χ0v) is 17.7. The number of piperidine rings is 1. The van der Waals surface area contributed by atoms with Gasteiger partial charge in [-0.1, -0.05) is 30.3 Å². The SMILES string of the molecule is O=C(CCc1ccccc1)N1CCC(Oc2ccc(C(=O)N3CCOCC3)cn2)CC1. The Balaban J connectivity index is 1.21. The van der Waals surface area contributed by atoms with E-state index >= 15 is 0 Å². The maximum absolute atomic E-state index is 12.5. The van der Waals surface area contributed by atoms with Crippen molar-refractivity contribution in [2.24, 2.45) is 0 Å². The van der Waals surface area contributed by atoms with E-state index in [4.69, 9.17) is 9.47 Å². The third kappa shape index (κ3) is 5.82. The number of hydrogen-bond donors (Lipinski definition) is 0. The number of nitrogens with zero attached hydrogens (tertiary/aromatic N) is 3. The van der Waals surface area contributed by atoms with E-state index in [1.165, 1.54) is 5.56 Å². The van der Waals surface area contributed by atoms with Crippen molar-refractivity contribution < 1.29 is 19.1 Å². The smallest absolute Gasteiger partial charge is 0.255 e. The van der Waals surface area contributed by atoms with Gasteiger partial charge in [-0.15, -0.1) is 0 Å². The standard InChI is InChI=1S/C24H29N3O4/c28-23(9-6-19-4-2-1-3-5-19)26-12-10-21(11-13-26)31-22-8-7-20(18-25-22)24(29)27-14-16-30-17-15-27/h1-5,7-8,18,21H,6,9-17H2. The summed E-state index contributed by atoms with van der Waals surface area (Å²) in [5, 5.41) is 0. The lowest BCUT2D eigenvalue weighted by Gasteiger charge is -2.32. The molecule has 2 aromatic rings. The van der Waals surface area contributed by atoms with Crippen molar-refractivity contribution in [3.05, 3.63) is 59.8 Å². The van der Waals surface area contributed by atoms with Crippen LogP contribution < -0.4 is 4.74 Å². The van der Waals surface area contributed by atoms with Crippen LogP contribution in [-0.4, -0.2) is 72.1 Å². The van der Waals surface area contributed by atoms with Crippen LogP contribution >= 0.6 is 0 Å². The second kappa shape index (κ2) is 10.4. The summed E-state index contributed by atoms with van der Waals surface area (Å²) in [6, 6.07) is 13.6. The number of aromatic nitrogens is 1. The summed E-state index contributed by atoms with van der Waals surface area (Å²) in [6.07, 6.45) is 4.49. The summed E-state index contributed by atoms with van der Waals surface area (Å²) in [4.78, 5) is 33.0. The first-order valence-electron chi connectivity index (χ1n) is 11.0. The molecule has 31 heavy (non-hydrogen) atoms. The minimum atomic E-state index is -0.0235. The van der Waals surface area contributed by atoms with Crippen LogP contribution in [0.5, 0.6) is 5.88 Å². The molecule has 0 atom stereocenters. The zero-order valence-electron chi connectivity index (χ0n) is 17.7. The minimum Gasteiger partial charge on any atom is -0.474 e. The van der Waals surface area contributed by atoms with Crippen molar-refractivity contribution in [3.63, 3.8) is 0 Å². The first-order valence-corrected chi connectivity index (χ1v) is 11.0. The zero-order chi connectivity index (χ0) is 21.5. The molecule has 1 aromatic carbocycles. The van der Waals surface area contributed by atoms with Crippen molar-refractivity contribution >= 4 is 11.8 Å². The van der Waals surface area contributed by atoms with E-state index in [1.54, 1.807) is 23.2 Å². The van der Waals surface area contributed by atoms with Gasteiger partial charge in [-0.25, -0.2) is 4.98 Å². The Hall–Kier alpha value is -2.93. The Morgan fingerprint density at radius 2 is 1.71 bits per heavy atom. The average molecular weight is 424 g/mol. The third-order valence-electron chi connectivity index (χ3n) is 5.83. The maximum atomic E-state index is 12.5. The summed E-state index contributed by atoms with van der Waals surface area (Å²) in [5.74, 6) is 0.698. The maximum Gasteiger partial charge on any atom is 0.255 e. The number of amides is 2. The number of carbonyl (C=O) groups is 2. The number of ether oxygens (including phenoxy) is 2. The van der Waals surface area contributed by atoms with Gasteiger partial charge in [0.15, 0.2) is 0 Å². The van der Waals surface area contributed by atoms with E-state index in [0.29, 0.717) is 57.3 Å². The summed E-state index contributed by atoms with van der Waals surface area (Å²) < 4.78 is 11.3. The number of carbonyl (C=O) groups excluding carboxylic acids is 2. The van der Waals surface area contributed by atoms with Gasteiger partial charge in [0.1, 0.15) is 6.10 Å². The van der Waals surface area contributed by atoms with Gasteiger partial charge in [0.25, 0.3) is 5.91 Å². The number of hydrogen-bond acceptors (Lipinski definition) is 5. The van der Waals surface area contributed by atoms with Crippen molar-refractivity contribution in [3.8, 4) is 5.88 Å². The molecule has 0 unspecified atom stereocenters. The highest BCUT2D eigenvalue weighted by Crippen LogP contribution is 2.19. The highest BCUT2D eigenvalue weighted by molar-refractivity contribution is 5.94. The number of likely N-dealkylation sites (tertiary alicyclic amines) is 1. The molecule has 0 N–H and O–H groups in total. The molecule has 2 fully saturated rings. The third-order valence-corrected chi connectivity index (χ3v) is 5.83. The highest BCUT2D eigenvalue weighted by Gasteiger charge is 2.24. The van der Waals surface area contributed by atoms with Crippen LogP contribution in [0.15, 0.2) is 48.7 Å². The van der Waals surface area contributed by atoms with Crippen LogP contribution in [-0.2, 0) is 16.0 Å². The lowest BCUT2D eigenvalue weighted by atomic mass is 10.1. The largest absolute Gasteiger partial charge is 0.474 e. The van der Waals surface area contributed by atoms with E-state index < -0.39 is 0 Å². The summed E-state index contributed by atoms with van der Waals surface area (Å²) in [7, 11) is 0. The van der Waals surface area contributed by atoms with Crippen LogP contribution in [0, 0.1) is 0 Å². The van der Waals surface area contributed by atoms with Crippen molar-refractivity contribution in [2.45, 2.75) is 31.8 Å². The molecule has 0 spiro atoms. The van der Waals surface area contributed by atoms with Crippen LogP contribution in [0.25, 0.3) is 0 Å². The van der Waals surface area contributed by atoms with Gasteiger partial charge in [0.2, 0.25) is 11.8 Å². The Morgan fingerprint density at radius 1 is 0.968 bits per heavy atom. The van der Waals surface area contributed by atoms with Gasteiger partial charge in [0, 0.05) is 57.7 Å². The number of morpholine rings is 1. The fraction of sp³-hybridized carbons (Fsp3) is 0.458. The summed E-state index contributed by atoms with van der Waals surface area (Å²) in [5.41, 5.74) is 1.75. The van der Waals surface area contributed by atoms with Gasteiger partial charge in [0.05, 0.1) is 18.8 Å². The molecule has 7 heteroatoms. The lowest BCUT2D eigenvalue weighted by molar-refractivity contribution is -0.132. The number of pyridine rings is 1. The highest BCUT2D eigenvalue weighted by atomic mass is 16.5. The van der Waals surface area contributed by atoms with Gasteiger partial charge in [-0.05, 0) is 18.1 Å². The van der Waals surface area contributed by atoms with Crippen molar-refractivity contribution in [1.82, 2.24) is 14.8 Å². The van der Waals surface area contributed by atoms with Gasteiger partial charge < -0.3 is 19.3 Å². The molecule has 2 aliphatic rings. The van der Waals surface area contributed by atoms with Crippen LogP contribution in [0.3, 0.4) is 0 Å². The molecular formula is C24H29N3O4. The summed E-state index contributed by atoms with van der Waals surface area (Å²) >= 11 is 0. The first-order chi connectivity index (χ1) is 15.2. The molecule has 0 aliphatic carbocycles. The number of rotatable bonds is 6. The van der Waals surface area contributed by atoms with Crippen LogP contribution in [0.1, 0.15) is 35.2 Å². The van der Waals surface area contributed by atoms with E-state index in [1.807, 2.05) is 23.1 Å². The monoisotopic (exact) mass is 423 g/mol. The molecule has 2 saturated heterocycles. The van der Waals surface area contributed by atoms with E-state index in [2.05, 4.69) is 17.1 Å². The van der Waals surface area contributed by atoms with Gasteiger partial charge >= 0.3 is 0 Å². The second-order valence-corrected chi connectivity index (χ2v) is 7.97. The Kier molecular flexibility index (Phi) is 7.14. The number of aryl methyl sites for hydroxylation is 1. The topological polar surface area (TPSA) is 72.0 Å². The predicted molar refractivity (Wildman–Crippen MR) is 116 cm³/mol. The fourth-order valence-corrected chi connectivity index (χ4v) is 3.97. The molecule has 0 saturated carbocycles. The van der Waals surface area contributed by atoms with Crippen LogP contribution in [0.4, 0.5) is 0 Å². The van der Waals surface area contributed by atoms with Crippen molar-refractivity contribution in [2.75, 3.05) is 39.4 Å². The average Bonchev–Trinajstić information content (AvgIpc) is 2.84. The fourth-order valence-electron chi connectivity index (χ4n) is 3.97. The van der Waals surface area contributed by atoms with Gasteiger partial charge in [-0.3, -0.25) is 9.59 Å². The van der Waals surface area contributed by atoms with E-state index in [0.717, 1.165) is 19.3 Å². The molecule has 2 aliphatic heterocycles. The van der Waals surface area contributed by atoms with E-state index in [9.17, 15) is 9.59 Å². The molecule has 164 valence electrons. The predicted octanol–water partition coefficient (Wildman–Crippen LogP) is 2.56. The summed E-state index contributed by atoms with van der Waals surface area (Å²) in [6.45, 7) is 3.78. The molecule has 7 nitrogen and oxygen atoms in total. The molecule has 0 bridgehead atoms. The molecule has 0 radical (unpaired) electrons. The van der Waals surface area contributed by atoms with Crippen molar-refractivity contribution in [1.29, 1.82) is 0 Å². The molecule has 4 rings (SSSR count). The van der Waals surface area contributed by atoms with Gasteiger partial charge in [-0.2, -0.15) is 0 Å². The minimum absolute atomic E-state index is 0.0235. The first kappa shape index (κ1) is 21.3. The van der Waals surface area contributed by atoms with E-state index in [-0.39, 0.29) is 17.9 Å². The Bertz CT molecular complexity index is 858. The normalized spacial score (nSPS) is 17.4. The lowest BCUT2D eigenvalue weighted by Crippen LogP contribution is -2.42. The Morgan fingerprint density at radius 3 is 2.39 bits per heavy atom. The molecule has 3 heterocycles. The van der Waals surface area contributed by atoms with Crippen LogP contribution in [0.2, 0.25) is 0 Å². The second-order valence-electron chi connectivity index (χ2n) is 7.97. The molecular weight excluding hydrogens is 394 g/mol. The Labute approximate surface area is 183 Å². The molecule has 2 amide bonds. The molecule has 1 aromatic heterocycles. The quantitative estimate of drug-likeness (QED) is 0.714.